The molecule has 3 N–H and O–H groups in total. The lowest BCUT2D eigenvalue weighted by Crippen LogP contribution is -2.30. The molecule has 0 aromatic heterocycles. The first-order valence-electron chi connectivity index (χ1n) is 40.5. The van der Waals surface area contributed by atoms with Crippen LogP contribution in [-0.2, 0) is 65.4 Å². The quantitative estimate of drug-likeness (QED) is 0.0169. The monoisotopic (exact) mass is 1480 g/mol. The first kappa shape index (κ1) is 98.0. The maximum absolute atomic E-state index is 13.1. The summed E-state index contributed by atoms with van der Waals surface area (Å²) in [7, 11) is -9.96. The van der Waals surface area contributed by atoms with Gasteiger partial charge in [0.1, 0.15) is 19.3 Å². The van der Waals surface area contributed by atoms with Crippen molar-refractivity contribution in [2.75, 3.05) is 39.6 Å². The maximum atomic E-state index is 13.1. The van der Waals surface area contributed by atoms with Crippen LogP contribution >= 0.6 is 15.6 Å². The first-order valence-corrected chi connectivity index (χ1v) is 43.5. The van der Waals surface area contributed by atoms with Crippen molar-refractivity contribution >= 4 is 39.5 Å². The van der Waals surface area contributed by atoms with Crippen molar-refractivity contribution in [3.8, 4) is 0 Å². The van der Waals surface area contributed by atoms with Crippen LogP contribution in [0, 0.1) is 0 Å². The Hall–Kier alpha value is -4.02. The fourth-order valence-corrected chi connectivity index (χ4v) is 12.5. The molecule has 0 rings (SSSR count). The summed E-state index contributed by atoms with van der Waals surface area (Å²) in [6.07, 6.45) is 79.5. The van der Waals surface area contributed by atoms with Crippen LogP contribution in [0.3, 0.4) is 0 Å². The van der Waals surface area contributed by atoms with E-state index in [1.54, 1.807) is 0 Å². The number of carbonyl (C=O) groups excluding carboxylic acids is 4. The third-order valence-corrected chi connectivity index (χ3v) is 19.0. The van der Waals surface area contributed by atoms with Gasteiger partial charge in [0.2, 0.25) is 0 Å². The van der Waals surface area contributed by atoms with Gasteiger partial charge in [-0.2, -0.15) is 0 Å². The van der Waals surface area contributed by atoms with Gasteiger partial charge >= 0.3 is 39.5 Å². The number of aliphatic hydroxyl groups is 1. The molecule has 0 aromatic carbocycles. The van der Waals surface area contributed by atoms with E-state index in [1.165, 1.54) is 109 Å². The number of unbranched alkanes of at least 4 members (excludes halogenated alkanes) is 34. The van der Waals surface area contributed by atoms with E-state index in [1.807, 2.05) is 0 Å². The van der Waals surface area contributed by atoms with Crippen molar-refractivity contribution < 1.29 is 80.2 Å². The predicted molar refractivity (Wildman–Crippen MR) is 418 cm³/mol. The molecular weight excluding hydrogens is 1330 g/mol. The Bertz CT molecular complexity index is 2310. The molecule has 0 fully saturated rings. The SMILES string of the molecule is CC/C=C\C/C=C\C/C=C\C/C=C\CCCCCCCCC(=O)OCC(COP(=O)(O)OCC(O)COP(=O)(O)OCC(COC(=O)CCCCCCCCCCCCCCC)OC(=O)CCCCCCCCCCCCCCC)OC(=O)CCCCCC/C=C\C/C=C\C/C=C\C/C=C\CC. The van der Waals surface area contributed by atoms with Gasteiger partial charge in [-0.1, -0.05) is 318 Å². The maximum Gasteiger partial charge on any atom is 0.472 e. The molecule has 0 aliphatic rings. The van der Waals surface area contributed by atoms with Gasteiger partial charge in [0.15, 0.2) is 12.2 Å². The van der Waals surface area contributed by atoms with E-state index in [0.717, 1.165) is 161 Å². The van der Waals surface area contributed by atoms with Gasteiger partial charge in [0, 0.05) is 25.7 Å². The molecule has 19 heteroatoms. The lowest BCUT2D eigenvalue weighted by Gasteiger charge is -2.21. The van der Waals surface area contributed by atoms with Gasteiger partial charge < -0.3 is 33.8 Å². The fourth-order valence-electron chi connectivity index (χ4n) is 11.0. The molecule has 0 spiro atoms. The second kappa shape index (κ2) is 75.2. The summed E-state index contributed by atoms with van der Waals surface area (Å²) in [6, 6.07) is 0. The second-order valence-corrected chi connectivity index (χ2v) is 29.9. The number of aliphatic hydroxyl groups excluding tert-OH is 1. The predicted octanol–water partition coefficient (Wildman–Crippen LogP) is 23.6. The number of ether oxygens (including phenoxy) is 4. The average molecular weight is 1480 g/mol. The number of phosphoric acid groups is 2. The topological polar surface area (TPSA) is 237 Å². The summed E-state index contributed by atoms with van der Waals surface area (Å²) in [5.41, 5.74) is 0. The van der Waals surface area contributed by atoms with Crippen molar-refractivity contribution in [1.29, 1.82) is 0 Å². The summed E-state index contributed by atoms with van der Waals surface area (Å²) in [4.78, 5) is 73.0. The van der Waals surface area contributed by atoms with Gasteiger partial charge in [0.05, 0.1) is 26.4 Å². The summed E-state index contributed by atoms with van der Waals surface area (Å²) in [6.45, 7) is 4.66. The second-order valence-electron chi connectivity index (χ2n) is 27.0. The molecule has 0 saturated heterocycles. The van der Waals surface area contributed by atoms with Crippen LogP contribution in [0.25, 0.3) is 0 Å². The highest BCUT2D eigenvalue weighted by molar-refractivity contribution is 7.47. The highest BCUT2D eigenvalue weighted by Gasteiger charge is 2.30. The van der Waals surface area contributed by atoms with Crippen molar-refractivity contribution in [1.82, 2.24) is 0 Å². The minimum absolute atomic E-state index is 0.0636. The third-order valence-electron chi connectivity index (χ3n) is 17.1. The summed E-state index contributed by atoms with van der Waals surface area (Å²) < 4.78 is 68.6. The van der Waals surface area contributed by atoms with Crippen molar-refractivity contribution in [2.24, 2.45) is 0 Å². The van der Waals surface area contributed by atoms with Crippen LogP contribution in [-0.4, -0.2) is 96.7 Å². The number of allylic oxidation sites excluding steroid dienone is 16. The molecule has 590 valence electrons. The van der Waals surface area contributed by atoms with Crippen LogP contribution in [0.1, 0.15) is 349 Å². The molecule has 102 heavy (non-hydrogen) atoms. The number of hydrogen-bond acceptors (Lipinski definition) is 15. The molecule has 0 radical (unpaired) electrons. The van der Waals surface area contributed by atoms with Crippen molar-refractivity contribution in [2.45, 2.75) is 367 Å². The molecule has 5 atom stereocenters. The standard InChI is InChI=1S/C83H146O17P2/c1-5-9-13-17-21-25-29-33-35-37-38-40-41-45-48-52-56-60-64-68-81(86)94-74-79(100-83(88)70-66-62-58-54-50-46-42-39-36-34-30-26-22-18-14-10-6-2)76-98-102(91,92)96-72-77(84)71-95-101(89,90)97-75-78(99-82(87)69-65-61-57-53-49-44-32-28-24-20-16-12-8-4)73-93-80(85)67-63-59-55-51-47-43-31-27-23-19-15-11-7-3/h9-10,13-14,21-22,25-26,33-36,38,40,42,46,77-79,84H,5-8,11-12,15-20,23-24,27-32,37,39,41,43-45,47-76H2,1-4H3,(H,89,90)(H,91,92)/b13-9-,14-10-,25-21-,26-22-,35-33-,36-34-,40-38-,46-42-. The Balaban J connectivity index is 5.36. The van der Waals surface area contributed by atoms with Crippen LogP contribution < -0.4 is 0 Å². The van der Waals surface area contributed by atoms with E-state index in [9.17, 15) is 43.2 Å². The average Bonchev–Trinajstić information content (AvgIpc) is 0.923. The number of phosphoric ester groups is 2. The number of rotatable bonds is 76. The Morgan fingerprint density at radius 1 is 0.284 bits per heavy atom. The van der Waals surface area contributed by atoms with Gasteiger partial charge in [-0.15, -0.1) is 0 Å². The molecule has 0 aromatic rings. The fraction of sp³-hybridized carbons (Fsp3) is 0.759. The largest absolute Gasteiger partial charge is 0.472 e. The lowest BCUT2D eigenvalue weighted by molar-refractivity contribution is -0.161. The summed E-state index contributed by atoms with van der Waals surface area (Å²) in [5.74, 6) is -2.19. The first-order chi connectivity index (χ1) is 49.7. The molecule has 0 amide bonds. The normalized spacial score (nSPS) is 14.4. The minimum Gasteiger partial charge on any atom is -0.462 e. The van der Waals surface area contributed by atoms with Gasteiger partial charge in [0.25, 0.3) is 0 Å². The Morgan fingerprint density at radius 3 is 0.784 bits per heavy atom. The number of hydrogen-bond donors (Lipinski definition) is 3. The highest BCUT2D eigenvalue weighted by Crippen LogP contribution is 2.45. The Kier molecular flexibility index (Phi) is 72.3. The molecule has 0 aliphatic carbocycles. The molecule has 0 saturated carbocycles. The number of carbonyl (C=O) groups is 4. The Morgan fingerprint density at radius 2 is 0.510 bits per heavy atom. The molecule has 5 unspecified atom stereocenters. The van der Waals surface area contributed by atoms with E-state index in [0.29, 0.717) is 25.7 Å². The summed E-state index contributed by atoms with van der Waals surface area (Å²) in [5, 5.41) is 10.6. The van der Waals surface area contributed by atoms with Crippen LogP contribution in [0.15, 0.2) is 97.2 Å². The van der Waals surface area contributed by atoms with Crippen molar-refractivity contribution in [3.05, 3.63) is 97.2 Å². The third kappa shape index (κ3) is 74.3. The van der Waals surface area contributed by atoms with Crippen LogP contribution in [0.4, 0.5) is 0 Å². The van der Waals surface area contributed by atoms with E-state index >= 15 is 0 Å². The van der Waals surface area contributed by atoms with E-state index in [2.05, 4.69) is 125 Å². The molecule has 17 nitrogen and oxygen atoms in total. The zero-order chi connectivity index (χ0) is 74.6. The Labute approximate surface area is 620 Å². The van der Waals surface area contributed by atoms with Gasteiger partial charge in [-0.25, -0.2) is 9.13 Å². The molecular formula is C83H146O17P2. The molecule has 0 aliphatic heterocycles. The zero-order valence-corrected chi connectivity index (χ0v) is 66.3. The van der Waals surface area contributed by atoms with E-state index in [-0.39, 0.29) is 25.7 Å². The zero-order valence-electron chi connectivity index (χ0n) is 64.5. The lowest BCUT2D eigenvalue weighted by atomic mass is 10.0. The van der Waals surface area contributed by atoms with Gasteiger partial charge in [-0.05, 0) is 103 Å². The van der Waals surface area contributed by atoms with E-state index in [4.69, 9.17) is 37.0 Å². The highest BCUT2D eigenvalue weighted by atomic mass is 31.2. The summed E-state index contributed by atoms with van der Waals surface area (Å²) >= 11 is 0. The van der Waals surface area contributed by atoms with Gasteiger partial charge in [-0.3, -0.25) is 37.3 Å². The molecule has 0 bridgehead atoms. The van der Waals surface area contributed by atoms with Crippen LogP contribution in [0.5, 0.6) is 0 Å². The van der Waals surface area contributed by atoms with E-state index < -0.39 is 97.5 Å². The number of esters is 4. The van der Waals surface area contributed by atoms with Crippen LogP contribution in [0.2, 0.25) is 0 Å². The van der Waals surface area contributed by atoms with Crippen molar-refractivity contribution in [3.63, 3.8) is 0 Å². The minimum atomic E-state index is -4.99. The smallest absolute Gasteiger partial charge is 0.462 e. The molecule has 0 heterocycles.